The fraction of sp³-hybridized carbons (Fsp3) is 0.720. The first-order chi connectivity index (χ1) is 14.7. The highest BCUT2D eigenvalue weighted by Crippen LogP contribution is 2.45. The van der Waals surface area contributed by atoms with Crippen LogP contribution in [0.2, 0.25) is 0 Å². The molecule has 3 atom stereocenters. The number of carbonyl (C=O) groups excluding carboxylic acids is 1. The number of carbonyl (C=O) groups is 1. The number of methoxy groups -OCH3 is 2. The van der Waals surface area contributed by atoms with Gasteiger partial charge in [-0.15, -0.1) is 0 Å². The van der Waals surface area contributed by atoms with Crippen LogP contribution < -0.4 is 9.47 Å². The van der Waals surface area contributed by atoms with Crippen molar-refractivity contribution in [2.45, 2.75) is 65.5 Å². The number of esters is 1. The van der Waals surface area contributed by atoms with Gasteiger partial charge in [-0.1, -0.05) is 27.7 Å². The molecule has 0 N–H and O–H groups in total. The molecule has 2 aliphatic heterocycles. The zero-order valence-electron chi connectivity index (χ0n) is 19.9. The number of hydrogen-bond donors (Lipinski definition) is 0. The summed E-state index contributed by atoms with van der Waals surface area (Å²) in [7, 11) is 3.31. The van der Waals surface area contributed by atoms with Gasteiger partial charge in [0.15, 0.2) is 11.5 Å². The summed E-state index contributed by atoms with van der Waals surface area (Å²) in [5.74, 6) is 1.35. The molecule has 2 aliphatic rings. The number of hydrogen-bond acceptors (Lipinski definition) is 5. The average molecular weight is 436 g/mol. The molecular formula is C25H38FNO4. The number of piperidine rings is 1. The van der Waals surface area contributed by atoms with Gasteiger partial charge >= 0.3 is 5.97 Å². The Morgan fingerprint density at radius 2 is 1.90 bits per heavy atom. The minimum Gasteiger partial charge on any atom is -0.493 e. The van der Waals surface area contributed by atoms with Gasteiger partial charge in [-0.05, 0) is 47.9 Å². The van der Waals surface area contributed by atoms with Crippen LogP contribution in [0.4, 0.5) is 4.39 Å². The minimum atomic E-state index is -0.322. The van der Waals surface area contributed by atoms with Crippen molar-refractivity contribution in [1.82, 2.24) is 4.90 Å². The molecule has 0 saturated carbocycles. The molecule has 1 aromatic carbocycles. The second-order valence-electron chi connectivity index (χ2n) is 10.1. The van der Waals surface area contributed by atoms with Gasteiger partial charge in [-0.2, -0.15) is 0 Å². The number of ether oxygens (including phenoxy) is 3. The number of rotatable bonds is 8. The van der Waals surface area contributed by atoms with Crippen LogP contribution in [0, 0.1) is 17.3 Å². The van der Waals surface area contributed by atoms with E-state index in [9.17, 15) is 9.18 Å². The number of fused-ring (bicyclic) bond motifs is 3. The molecule has 2 heterocycles. The molecule has 0 aromatic heterocycles. The van der Waals surface area contributed by atoms with Crippen LogP contribution in [-0.4, -0.2) is 51.0 Å². The highest BCUT2D eigenvalue weighted by molar-refractivity contribution is 5.71. The molecule has 0 bridgehead atoms. The van der Waals surface area contributed by atoms with Crippen LogP contribution in [0.15, 0.2) is 12.1 Å². The van der Waals surface area contributed by atoms with E-state index in [4.69, 9.17) is 14.2 Å². The Balaban J connectivity index is 1.90. The van der Waals surface area contributed by atoms with Gasteiger partial charge in [0.1, 0.15) is 6.10 Å². The molecule has 1 aromatic rings. The predicted octanol–water partition coefficient (Wildman–Crippen LogP) is 4.97. The van der Waals surface area contributed by atoms with Crippen LogP contribution in [0.5, 0.6) is 11.5 Å². The van der Waals surface area contributed by atoms with Crippen molar-refractivity contribution >= 4 is 5.97 Å². The monoisotopic (exact) mass is 435 g/mol. The molecule has 5 nitrogen and oxygen atoms in total. The molecule has 6 heteroatoms. The van der Waals surface area contributed by atoms with Crippen molar-refractivity contribution in [3.8, 4) is 11.5 Å². The molecule has 3 unspecified atom stereocenters. The number of halogens is 1. The first kappa shape index (κ1) is 23.8. The number of benzene rings is 1. The second kappa shape index (κ2) is 9.76. The lowest BCUT2D eigenvalue weighted by atomic mass is 9.73. The highest BCUT2D eigenvalue weighted by Gasteiger charge is 2.43. The molecule has 0 amide bonds. The van der Waals surface area contributed by atoms with E-state index in [1.165, 1.54) is 11.1 Å². The van der Waals surface area contributed by atoms with E-state index in [0.29, 0.717) is 6.42 Å². The third-order valence-corrected chi connectivity index (χ3v) is 6.89. The van der Waals surface area contributed by atoms with Crippen molar-refractivity contribution in [3.63, 3.8) is 0 Å². The average Bonchev–Trinajstić information content (AvgIpc) is 2.72. The van der Waals surface area contributed by atoms with Crippen molar-refractivity contribution in [2.75, 3.05) is 34.0 Å². The van der Waals surface area contributed by atoms with E-state index in [-0.39, 0.29) is 42.0 Å². The maximum atomic E-state index is 13.1. The van der Waals surface area contributed by atoms with Gasteiger partial charge < -0.3 is 14.2 Å². The fourth-order valence-corrected chi connectivity index (χ4v) is 5.10. The van der Waals surface area contributed by atoms with Gasteiger partial charge in [-0.25, -0.2) is 0 Å². The fourth-order valence-electron chi connectivity index (χ4n) is 5.10. The first-order valence-electron chi connectivity index (χ1n) is 11.4. The summed E-state index contributed by atoms with van der Waals surface area (Å²) < 4.78 is 30.2. The highest BCUT2D eigenvalue weighted by atomic mass is 19.1. The normalized spacial score (nSPS) is 23.8. The van der Waals surface area contributed by atoms with E-state index in [1.807, 2.05) is 13.8 Å². The van der Waals surface area contributed by atoms with E-state index < -0.39 is 0 Å². The third kappa shape index (κ3) is 5.33. The van der Waals surface area contributed by atoms with Crippen LogP contribution in [0.1, 0.15) is 64.1 Å². The molecule has 31 heavy (non-hydrogen) atoms. The maximum absolute atomic E-state index is 13.1. The van der Waals surface area contributed by atoms with Crippen LogP contribution in [0.3, 0.4) is 0 Å². The predicted molar refractivity (Wildman–Crippen MR) is 119 cm³/mol. The molecule has 0 spiro atoms. The standard InChI is InChI=1S/C25H38FNO4/c1-16(2)24(28)31-21-13-20-19-12-23(30-6)22(29-5)11-17(19)7-10-27(20)15-18(21)14-25(3,4)8-9-26/h11-12,16,18,20-21H,7-10,13-15H2,1-6H3. The van der Waals surface area contributed by atoms with Gasteiger partial charge in [0.25, 0.3) is 0 Å². The molecule has 0 aliphatic carbocycles. The molecule has 3 rings (SSSR count). The summed E-state index contributed by atoms with van der Waals surface area (Å²) in [6.45, 7) is 9.45. The van der Waals surface area contributed by atoms with Crippen molar-refractivity contribution in [3.05, 3.63) is 23.3 Å². The Morgan fingerprint density at radius 1 is 1.23 bits per heavy atom. The van der Waals surface area contributed by atoms with Crippen molar-refractivity contribution in [1.29, 1.82) is 0 Å². The molecular weight excluding hydrogens is 397 g/mol. The molecule has 1 saturated heterocycles. The Labute approximate surface area is 186 Å². The zero-order valence-corrected chi connectivity index (χ0v) is 19.9. The SMILES string of the molecule is COc1cc2c(cc1OC)C1CC(OC(=O)C(C)C)C(CC(C)(C)CCF)CN1CC2. The summed E-state index contributed by atoms with van der Waals surface area (Å²) in [5.41, 5.74) is 2.37. The minimum absolute atomic E-state index is 0.126. The first-order valence-corrected chi connectivity index (χ1v) is 11.4. The molecule has 1 fully saturated rings. The smallest absolute Gasteiger partial charge is 0.308 e. The van der Waals surface area contributed by atoms with Crippen molar-refractivity contribution < 1.29 is 23.4 Å². The molecule has 0 radical (unpaired) electrons. The summed E-state index contributed by atoms with van der Waals surface area (Å²) in [6, 6.07) is 4.34. The maximum Gasteiger partial charge on any atom is 0.308 e. The largest absolute Gasteiger partial charge is 0.493 e. The van der Waals surface area contributed by atoms with Gasteiger partial charge in [0.05, 0.1) is 26.8 Å². The summed E-state index contributed by atoms with van der Waals surface area (Å²) >= 11 is 0. The Bertz CT molecular complexity index is 779. The van der Waals surface area contributed by atoms with E-state index in [1.54, 1.807) is 14.2 Å². The van der Waals surface area contributed by atoms with Crippen LogP contribution in [0.25, 0.3) is 0 Å². The van der Waals surface area contributed by atoms with Gasteiger partial charge in [0.2, 0.25) is 0 Å². The second-order valence-corrected chi connectivity index (χ2v) is 10.1. The summed E-state index contributed by atoms with van der Waals surface area (Å²) in [4.78, 5) is 15.0. The topological polar surface area (TPSA) is 48.0 Å². The lowest BCUT2D eigenvalue weighted by molar-refractivity contribution is -0.162. The van der Waals surface area contributed by atoms with Crippen molar-refractivity contribution in [2.24, 2.45) is 17.3 Å². The Morgan fingerprint density at radius 3 is 2.52 bits per heavy atom. The number of alkyl halides is 1. The van der Waals surface area contributed by atoms with Crippen LogP contribution in [-0.2, 0) is 16.0 Å². The summed E-state index contributed by atoms with van der Waals surface area (Å²) in [6.07, 6.45) is 2.89. The summed E-state index contributed by atoms with van der Waals surface area (Å²) in [5, 5.41) is 0. The Kier molecular flexibility index (Phi) is 7.51. The third-order valence-electron chi connectivity index (χ3n) is 6.89. The zero-order chi connectivity index (χ0) is 22.8. The van der Waals surface area contributed by atoms with Gasteiger partial charge in [0, 0.05) is 31.5 Å². The lowest BCUT2D eigenvalue weighted by Crippen LogP contribution is -2.50. The Hall–Kier alpha value is -1.82. The molecule has 174 valence electrons. The van der Waals surface area contributed by atoms with E-state index in [0.717, 1.165) is 43.9 Å². The lowest BCUT2D eigenvalue weighted by Gasteiger charge is -2.48. The van der Waals surface area contributed by atoms with Crippen LogP contribution >= 0.6 is 0 Å². The van der Waals surface area contributed by atoms with E-state index >= 15 is 0 Å². The quantitative estimate of drug-likeness (QED) is 0.540. The number of nitrogens with zero attached hydrogens (tertiary/aromatic N) is 1. The van der Waals surface area contributed by atoms with E-state index in [2.05, 4.69) is 30.9 Å². The van der Waals surface area contributed by atoms with Gasteiger partial charge in [-0.3, -0.25) is 14.1 Å².